The number of benzene rings is 1. The van der Waals surface area contributed by atoms with Gasteiger partial charge in [0.1, 0.15) is 0 Å². The summed E-state index contributed by atoms with van der Waals surface area (Å²) < 4.78 is 6.53. The second kappa shape index (κ2) is 6.55. The molecule has 100 valence electrons. The van der Waals surface area contributed by atoms with E-state index in [1.165, 1.54) is 18.4 Å². The Morgan fingerprint density at radius 1 is 1.50 bits per heavy atom. The van der Waals surface area contributed by atoms with Gasteiger partial charge in [-0.05, 0) is 43.4 Å². The van der Waals surface area contributed by atoms with E-state index < -0.39 is 6.10 Å². The second-order valence-electron chi connectivity index (χ2n) is 4.98. The van der Waals surface area contributed by atoms with Gasteiger partial charge in [-0.3, -0.25) is 0 Å². The monoisotopic (exact) mass is 313 g/mol. The van der Waals surface area contributed by atoms with E-state index in [2.05, 4.69) is 28.2 Å². The summed E-state index contributed by atoms with van der Waals surface area (Å²) in [7, 11) is 0. The third kappa shape index (κ3) is 4.59. The van der Waals surface area contributed by atoms with E-state index in [0.717, 1.165) is 22.7 Å². The maximum atomic E-state index is 9.77. The Kier molecular flexibility index (Phi) is 5.03. The lowest BCUT2D eigenvalue weighted by Crippen LogP contribution is -2.25. The maximum absolute atomic E-state index is 9.77. The van der Waals surface area contributed by atoms with Crippen LogP contribution in [0.5, 0.6) is 0 Å². The number of anilines is 1. The molecular weight excluding hydrogens is 294 g/mol. The molecule has 18 heavy (non-hydrogen) atoms. The summed E-state index contributed by atoms with van der Waals surface area (Å²) in [5.41, 5.74) is 2.21. The van der Waals surface area contributed by atoms with Gasteiger partial charge in [0.25, 0.3) is 0 Å². The lowest BCUT2D eigenvalue weighted by molar-refractivity contribution is 0.0386. The molecule has 4 heteroatoms. The first-order valence-electron chi connectivity index (χ1n) is 6.41. The minimum atomic E-state index is -0.455. The SMILES string of the molecule is Cc1ccc(NCC(O)COCC2CC2)cc1Br. The number of nitrogens with one attached hydrogen (secondary N) is 1. The van der Waals surface area contributed by atoms with Crippen LogP contribution in [0.25, 0.3) is 0 Å². The average molecular weight is 314 g/mol. The molecule has 0 aromatic heterocycles. The zero-order valence-corrected chi connectivity index (χ0v) is 12.2. The molecule has 0 radical (unpaired) electrons. The Bertz CT molecular complexity index is 393. The summed E-state index contributed by atoms with van der Waals surface area (Å²) in [5, 5.41) is 13.0. The molecule has 1 aromatic carbocycles. The van der Waals surface area contributed by atoms with Gasteiger partial charge < -0.3 is 15.2 Å². The fourth-order valence-electron chi connectivity index (χ4n) is 1.65. The van der Waals surface area contributed by atoms with Crippen molar-refractivity contribution < 1.29 is 9.84 Å². The topological polar surface area (TPSA) is 41.5 Å². The van der Waals surface area contributed by atoms with Gasteiger partial charge in [0.2, 0.25) is 0 Å². The molecule has 0 saturated heterocycles. The van der Waals surface area contributed by atoms with Crippen LogP contribution in [-0.4, -0.2) is 31.0 Å². The van der Waals surface area contributed by atoms with E-state index in [1.807, 2.05) is 18.2 Å². The van der Waals surface area contributed by atoms with Crippen molar-refractivity contribution in [2.24, 2.45) is 5.92 Å². The zero-order chi connectivity index (χ0) is 13.0. The van der Waals surface area contributed by atoms with Gasteiger partial charge in [0.15, 0.2) is 0 Å². The van der Waals surface area contributed by atoms with Crippen molar-refractivity contribution in [2.75, 3.05) is 25.1 Å². The third-order valence-electron chi connectivity index (χ3n) is 3.07. The van der Waals surface area contributed by atoms with Crippen molar-refractivity contribution >= 4 is 21.6 Å². The van der Waals surface area contributed by atoms with Crippen LogP contribution >= 0.6 is 15.9 Å². The predicted molar refractivity (Wildman–Crippen MR) is 76.9 cm³/mol. The Morgan fingerprint density at radius 3 is 2.94 bits per heavy atom. The Balaban J connectivity index is 1.67. The first-order chi connectivity index (χ1) is 8.65. The van der Waals surface area contributed by atoms with Gasteiger partial charge in [0.05, 0.1) is 12.7 Å². The fraction of sp³-hybridized carbons (Fsp3) is 0.571. The van der Waals surface area contributed by atoms with E-state index in [0.29, 0.717) is 13.2 Å². The molecule has 0 heterocycles. The van der Waals surface area contributed by atoms with Crippen molar-refractivity contribution in [1.29, 1.82) is 0 Å². The molecule has 0 bridgehead atoms. The van der Waals surface area contributed by atoms with Crippen LogP contribution in [0.1, 0.15) is 18.4 Å². The lowest BCUT2D eigenvalue weighted by atomic mass is 10.2. The predicted octanol–water partition coefficient (Wildman–Crippen LogP) is 2.96. The minimum absolute atomic E-state index is 0.413. The first-order valence-corrected chi connectivity index (χ1v) is 7.20. The number of aryl methyl sites for hydroxylation is 1. The summed E-state index contributed by atoms with van der Waals surface area (Å²) in [6.07, 6.45) is 2.11. The van der Waals surface area contributed by atoms with Crippen LogP contribution in [0.4, 0.5) is 5.69 Å². The van der Waals surface area contributed by atoms with Crippen LogP contribution in [0, 0.1) is 12.8 Å². The summed E-state index contributed by atoms with van der Waals surface area (Å²) in [6.45, 7) is 3.78. The summed E-state index contributed by atoms with van der Waals surface area (Å²) >= 11 is 3.49. The minimum Gasteiger partial charge on any atom is -0.389 e. The number of ether oxygens (including phenoxy) is 1. The number of aliphatic hydroxyl groups is 1. The van der Waals surface area contributed by atoms with Crippen molar-refractivity contribution in [3.63, 3.8) is 0 Å². The third-order valence-corrected chi connectivity index (χ3v) is 3.93. The summed E-state index contributed by atoms with van der Waals surface area (Å²) in [5.74, 6) is 0.748. The lowest BCUT2D eigenvalue weighted by Gasteiger charge is -2.13. The van der Waals surface area contributed by atoms with Crippen molar-refractivity contribution in [3.05, 3.63) is 28.2 Å². The normalized spacial score (nSPS) is 16.6. The molecule has 0 spiro atoms. The molecule has 1 unspecified atom stereocenters. The highest BCUT2D eigenvalue weighted by Gasteiger charge is 2.21. The van der Waals surface area contributed by atoms with E-state index in [-0.39, 0.29) is 0 Å². The number of halogens is 1. The molecule has 1 fully saturated rings. The zero-order valence-electron chi connectivity index (χ0n) is 10.7. The molecule has 0 aliphatic heterocycles. The Hall–Kier alpha value is -0.580. The second-order valence-corrected chi connectivity index (χ2v) is 5.83. The van der Waals surface area contributed by atoms with Gasteiger partial charge in [-0.15, -0.1) is 0 Å². The van der Waals surface area contributed by atoms with Crippen molar-refractivity contribution in [3.8, 4) is 0 Å². The van der Waals surface area contributed by atoms with E-state index in [4.69, 9.17) is 4.74 Å². The molecule has 0 amide bonds. The van der Waals surface area contributed by atoms with Crippen molar-refractivity contribution in [1.82, 2.24) is 0 Å². The molecule has 3 nitrogen and oxygen atoms in total. The summed E-state index contributed by atoms with van der Waals surface area (Å²) in [4.78, 5) is 0. The highest BCUT2D eigenvalue weighted by atomic mass is 79.9. The van der Waals surface area contributed by atoms with Gasteiger partial charge in [-0.1, -0.05) is 22.0 Å². The van der Waals surface area contributed by atoms with Crippen LogP contribution in [0.15, 0.2) is 22.7 Å². The fourth-order valence-corrected chi connectivity index (χ4v) is 2.03. The van der Waals surface area contributed by atoms with Crippen molar-refractivity contribution in [2.45, 2.75) is 25.9 Å². The number of hydrogen-bond donors (Lipinski definition) is 2. The number of rotatable bonds is 7. The first kappa shape index (κ1) is 13.8. The molecule has 1 atom stereocenters. The smallest absolute Gasteiger partial charge is 0.0945 e. The standard InChI is InChI=1S/C14H20BrNO2/c1-10-2-5-12(6-14(10)15)16-7-13(17)9-18-8-11-3-4-11/h2,5-6,11,13,16-17H,3-4,7-9H2,1H3. The molecule has 1 aromatic rings. The van der Waals surface area contributed by atoms with E-state index in [1.54, 1.807) is 0 Å². The van der Waals surface area contributed by atoms with Gasteiger partial charge in [0, 0.05) is 23.3 Å². The Labute approximate surface area is 117 Å². The highest BCUT2D eigenvalue weighted by Crippen LogP contribution is 2.28. The number of hydrogen-bond acceptors (Lipinski definition) is 3. The van der Waals surface area contributed by atoms with Crippen LogP contribution in [-0.2, 0) is 4.74 Å². The molecule has 1 aliphatic carbocycles. The van der Waals surface area contributed by atoms with Gasteiger partial charge in [-0.25, -0.2) is 0 Å². The largest absolute Gasteiger partial charge is 0.389 e. The Morgan fingerprint density at radius 2 is 2.28 bits per heavy atom. The molecule has 1 aliphatic rings. The number of aliphatic hydroxyl groups excluding tert-OH is 1. The van der Waals surface area contributed by atoms with E-state index >= 15 is 0 Å². The molecule has 2 rings (SSSR count). The van der Waals surface area contributed by atoms with Crippen LogP contribution < -0.4 is 5.32 Å². The van der Waals surface area contributed by atoms with E-state index in [9.17, 15) is 5.11 Å². The average Bonchev–Trinajstić information content (AvgIpc) is 3.15. The van der Waals surface area contributed by atoms with Gasteiger partial charge in [-0.2, -0.15) is 0 Å². The van der Waals surface area contributed by atoms with Crippen LogP contribution in [0.3, 0.4) is 0 Å². The highest BCUT2D eigenvalue weighted by molar-refractivity contribution is 9.10. The molecule has 1 saturated carbocycles. The van der Waals surface area contributed by atoms with Crippen LogP contribution in [0.2, 0.25) is 0 Å². The molecule has 2 N–H and O–H groups in total. The van der Waals surface area contributed by atoms with Gasteiger partial charge >= 0.3 is 0 Å². The maximum Gasteiger partial charge on any atom is 0.0945 e. The summed E-state index contributed by atoms with van der Waals surface area (Å²) in [6, 6.07) is 6.08. The quantitative estimate of drug-likeness (QED) is 0.813. The molecular formula is C14H20BrNO2.